The highest BCUT2D eigenvalue weighted by Gasteiger charge is 2.14. The first-order valence-corrected chi connectivity index (χ1v) is 5.35. The largest absolute Gasteiger partial charge is 0.392 e. The van der Waals surface area contributed by atoms with Crippen molar-refractivity contribution in [2.45, 2.75) is 25.9 Å². The summed E-state index contributed by atoms with van der Waals surface area (Å²) in [7, 11) is 0. The van der Waals surface area contributed by atoms with E-state index in [9.17, 15) is 5.11 Å². The van der Waals surface area contributed by atoms with Crippen LogP contribution in [0.1, 0.15) is 17.9 Å². The van der Waals surface area contributed by atoms with Crippen LogP contribution in [0.25, 0.3) is 11.6 Å². The molecular weight excluding hydrogens is 234 g/mol. The molecule has 2 aromatic rings. The lowest BCUT2D eigenvalue weighted by atomic mass is 10.2. The summed E-state index contributed by atoms with van der Waals surface area (Å²) < 4.78 is 4.96. The maximum atomic E-state index is 9.44. The lowest BCUT2D eigenvalue weighted by Gasteiger charge is -1.99. The van der Waals surface area contributed by atoms with Crippen molar-refractivity contribution in [1.82, 2.24) is 20.1 Å². The first kappa shape index (κ1) is 12.1. The van der Waals surface area contributed by atoms with Gasteiger partial charge in [-0.25, -0.2) is 9.97 Å². The van der Waals surface area contributed by atoms with E-state index in [2.05, 4.69) is 20.1 Å². The molecule has 0 aliphatic heterocycles. The molecule has 18 heavy (non-hydrogen) atoms. The number of aliphatic hydroxyl groups excluding tert-OH is 1. The van der Waals surface area contributed by atoms with Gasteiger partial charge in [0, 0.05) is 12.4 Å². The van der Waals surface area contributed by atoms with Gasteiger partial charge in [0.1, 0.15) is 0 Å². The van der Waals surface area contributed by atoms with Crippen molar-refractivity contribution in [2.75, 3.05) is 0 Å². The van der Waals surface area contributed by atoms with Gasteiger partial charge in [0.2, 0.25) is 17.5 Å². The second kappa shape index (κ2) is 5.33. The normalized spacial score (nSPS) is 12.1. The zero-order valence-corrected chi connectivity index (χ0v) is 9.74. The van der Waals surface area contributed by atoms with E-state index < -0.39 is 6.10 Å². The summed E-state index contributed by atoms with van der Waals surface area (Å²) in [6.45, 7) is 1.88. The van der Waals surface area contributed by atoms with E-state index in [1.54, 1.807) is 12.4 Å². The minimum Gasteiger partial charge on any atom is -0.392 e. The molecule has 7 nitrogen and oxygen atoms in total. The third kappa shape index (κ3) is 2.87. The Bertz CT molecular complexity index is 558. The standard InChI is InChI=1S/C11H11N5O2/c1-7-5-13-10(14-6-7)11-15-9(18-16-11)4-8(17)2-3-12/h5-6,8,17H,2,4H2,1H3. The van der Waals surface area contributed by atoms with Crippen molar-refractivity contribution < 1.29 is 9.63 Å². The zero-order valence-electron chi connectivity index (χ0n) is 9.74. The van der Waals surface area contributed by atoms with Gasteiger partial charge in [-0.15, -0.1) is 0 Å². The molecule has 0 fully saturated rings. The lowest BCUT2D eigenvalue weighted by Crippen LogP contribution is -2.09. The Kier molecular flexibility index (Phi) is 3.60. The fourth-order valence-electron chi connectivity index (χ4n) is 1.32. The van der Waals surface area contributed by atoms with Gasteiger partial charge in [-0.2, -0.15) is 10.2 Å². The number of aromatic nitrogens is 4. The molecule has 2 rings (SSSR count). The topological polar surface area (TPSA) is 109 Å². The van der Waals surface area contributed by atoms with Gasteiger partial charge < -0.3 is 9.63 Å². The molecule has 1 atom stereocenters. The maximum absolute atomic E-state index is 9.44. The average molecular weight is 245 g/mol. The molecular formula is C11H11N5O2. The van der Waals surface area contributed by atoms with Crippen LogP contribution in [0.15, 0.2) is 16.9 Å². The molecule has 7 heteroatoms. The second-order valence-corrected chi connectivity index (χ2v) is 3.82. The quantitative estimate of drug-likeness (QED) is 0.842. The molecule has 0 amide bonds. The summed E-state index contributed by atoms with van der Waals surface area (Å²) in [5, 5.41) is 21.6. The minimum absolute atomic E-state index is 0.0265. The van der Waals surface area contributed by atoms with E-state index in [1.165, 1.54) is 0 Å². The predicted molar refractivity (Wildman–Crippen MR) is 60.0 cm³/mol. The Balaban J connectivity index is 2.11. The van der Waals surface area contributed by atoms with E-state index >= 15 is 0 Å². The third-order valence-corrected chi connectivity index (χ3v) is 2.19. The Morgan fingerprint density at radius 2 is 2.11 bits per heavy atom. The molecule has 0 bridgehead atoms. The van der Waals surface area contributed by atoms with Crippen LogP contribution >= 0.6 is 0 Å². The molecule has 2 heterocycles. The highest BCUT2D eigenvalue weighted by atomic mass is 16.5. The molecule has 0 aliphatic rings. The van der Waals surface area contributed by atoms with Gasteiger partial charge in [-0.1, -0.05) is 5.16 Å². The van der Waals surface area contributed by atoms with Crippen LogP contribution in [0.2, 0.25) is 0 Å². The summed E-state index contributed by atoms with van der Waals surface area (Å²) in [5.41, 5.74) is 0.937. The Morgan fingerprint density at radius 1 is 1.39 bits per heavy atom. The van der Waals surface area contributed by atoms with E-state index in [4.69, 9.17) is 9.78 Å². The Morgan fingerprint density at radius 3 is 2.78 bits per heavy atom. The van der Waals surface area contributed by atoms with Gasteiger partial charge in [0.05, 0.1) is 25.0 Å². The highest BCUT2D eigenvalue weighted by Crippen LogP contribution is 2.11. The Labute approximate surface area is 103 Å². The summed E-state index contributed by atoms with van der Waals surface area (Å²) >= 11 is 0. The van der Waals surface area contributed by atoms with Gasteiger partial charge >= 0.3 is 0 Å². The van der Waals surface area contributed by atoms with Crippen molar-refractivity contribution in [3.8, 4) is 17.7 Å². The van der Waals surface area contributed by atoms with Gasteiger partial charge in [0.15, 0.2) is 0 Å². The predicted octanol–water partition coefficient (Wildman–Crippen LogP) is 0.652. The van der Waals surface area contributed by atoms with E-state index in [-0.39, 0.29) is 24.6 Å². The number of rotatable bonds is 4. The van der Waals surface area contributed by atoms with Crippen molar-refractivity contribution in [2.24, 2.45) is 0 Å². The fourth-order valence-corrected chi connectivity index (χ4v) is 1.32. The number of aliphatic hydroxyl groups is 1. The summed E-state index contributed by atoms with van der Waals surface area (Å²) in [5.74, 6) is 0.899. The summed E-state index contributed by atoms with van der Waals surface area (Å²) in [6.07, 6.45) is 2.68. The molecule has 0 aromatic carbocycles. The zero-order chi connectivity index (χ0) is 13.0. The number of aryl methyl sites for hydroxylation is 1. The molecule has 92 valence electrons. The highest BCUT2D eigenvalue weighted by molar-refractivity contribution is 5.40. The van der Waals surface area contributed by atoms with E-state index in [0.29, 0.717) is 5.82 Å². The van der Waals surface area contributed by atoms with E-state index in [0.717, 1.165) is 5.56 Å². The number of hydrogen-bond acceptors (Lipinski definition) is 7. The number of nitrogens with zero attached hydrogens (tertiary/aromatic N) is 5. The SMILES string of the molecule is Cc1cnc(-c2noc(CC(O)CC#N)n2)nc1. The van der Waals surface area contributed by atoms with Crippen LogP contribution in [-0.4, -0.2) is 31.3 Å². The third-order valence-electron chi connectivity index (χ3n) is 2.19. The van der Waals surface area contributed by atoms with Crippen LogP contribution in [0.3, 0.4) is 0 Å². The van der Waals surface area contributed by atoms with Crippen molar-refractivity contribution in [3.05, 3.63) is 23.8 Å². The molecule has 0 aliphatic carbocycles. The first-order chi connectivity index (χ1) is 8.69. The number of hydrogen-bond donors (Lipinski definition) is 1. The van der Waals surface area contributed by atoms with Crippen molar-refractivity contribution >= 4 is 0 Å². The Hall–Kier alpha value is -2.33. The average Bonchev–Trinajstić information content (AvgIpc) is 2.78. The lowest BCUT2D eigenvalue weighted by molar-refractivity contribution is 0.167. The van der Waals surface area contributed by atoms with Crippen LogP contribution in [0, 0.1) is 18.3 Å². The van der Waals surface area contributed by atoms with Gasteiger partial charge in [-0.05, 0) is 12.5 Å². The van der Waals surface area contributed by atoms with Gasteiger partial charge in [-0.3, -0.25) is 0 Å². The van der Waals surface area contributed by atoms with Crippen molar-refractivity contribution in [3.63, 3.8) is 0 Å². The van der Waals surface area contributed by atoms with Gasteiger partial charge in [0.25, 0.3) is 0 Å². The van der Waals surface area contributed by atoms with Crippen molar-refractivity contribution in [1.29, 1.82) is 5.26 Å². The smallest absolute Gasteiger partial charge is 0.240 e. The molecule has 0 saturated carbocycles. The van der Waals surface area contributed by atoms with E-state index in [1.807, 2.05) is 13.0 Å². The summed E-state index contributed by atoms with van der Waals surface area (Å²) in [4.78, 5) is 12.2. The van der Waals surface area contributed by atoms with Crippen LogP contribution in [0.4, 0.5) is 0 Å². The molecule has 0 saturated heterocycles. The monoisotopic (exact) mass is 245 g/mol. The second-order valence-electron chi connectivity index (χ2n) is 3.82. The fraction of sp³-hybridized carbons (Fsp3) is 0.364. The molecule has 2 aromatic heterocycles. The molecule has 0 radical (unpaired) electrons. The first-order valence-electron chi connectivity index (χ1n) is 5.35. The molecule has 0 spiro atoms. The van der Waals surface area contributed by atoms with Crippen LogP contribution in [0.5, 0.6) is 0 Å². The summed E-state index contributed by atoms with van der Waals surface area (Å²) in [6, 6.07) is 1.87. The van der Waals surface area contributed by atoms with Crippen LogP contribution in [-0.2, 0) is 6.42 Å². The molecule has 1 unspecified atom stereocenters. The molecule has 1 N–H and O–H groups in total. The van der Waals surface area contributed by atoms with Crippen LogP contribution < -0.4 is 0 Å². The maximum Gasteiger partial charge on any atom is 0.240 e. The minimum atomic E-state index is -0.803. The number of nitriles is 1.